The highest BCUT2D eigenvalue weighted by Crippen LogP contribution is 2.31. The number of carbonyl (C=O) groups excluding carboxylic acids is 2. The van der Waals surface area contributed by atoms with E-state index in [2.05, 4.69) is 5.32 Å². The van der Waals surface area contributed by atoms with Gasteiger partial charge in [-0.2, -0.15) is 0 Å². The predicted molar refractivity (Wildman–Crippen MR) is 99.8 cm³/mol. The van der Waals surface area contributed by atoms with E-state index in [-0.39, 0.29) is 6.61 Å². The first kappa shape index (κ1) is 18.3. The van der Waals surface area contributed by atoms with Gasteiger partial charge in [-0.3, -0.25) is 4.79 Å². The zero-order valence-corrected chi connectivity index (χ0v) is 15.6. The van der Waals surface area contributed by atoms with E-state index < -0.39 is 18.0 Å². The van der Waals surface area contributed by atoms with Crippen LogP contribution in [-0.4, -0.2) is 24.6 Å². The minimum absolute atomic E-state index is 0.366. The fraction of sp³-hybridized carbons (Fsp3) is 0.300. The maximum atomic E-state index is 12.2. The minimum Gasteiger partial charge on any atom is -0.478 e. The Morgan fingerprint density at radius 3 is 2.62 bits per heavy atom. The lowest BCUT2D eigenvalue weighted by Gasteiger charge is -2.12. The van der Waals surface area contributed by atoms with Gasteiger partial charge >= 0.3 is 5.97 Å². The molecule has 0 radical (unpaired) electrons. The normalized spacial score (nSPS) is 15.2. The quantitative estimate of drug-likeness (QED) is 0.829. The number of hydrogen-bond donors (Lipinski definition) is 1. The van der Waals surface area contributed by atoms with Gasteiger partial charge in [0.15, 0.2) is 12.7 Å². The molecule has 26 heavy (non-hydrogen) atoms. The van der Waals surface area contributed by atoms with Crippen molar-refractivity contribution >= 4 is 29.2 Å². The van der Waals surface area contributed by atoms with Crippen molar-refractivity contribution in [1.29, 1.82) is 0 Å². The number of ether oxygens (including phenoxy) is 2. The molecule has 1 amide bonds. The van der Waals surface area contributed by atoms with Crippen molar-refractivity contribution in [2.24, 2.45) is 0 Å². The lowest BCUT2D eigenvalue weighted by Crippen LogP contribution is -2.30. The van der Waals surface area contributed by atoms with Crippen LogP contribution in [0.15, 0.2) is 30.3 Å². The number of carbonyl (C=O) groups is 2. The van der Waals surface area contributed by atoms with E-state index in [1.807, 2.05) is 32.9 Å². The summed E-state index contributed by atoms with van der Waals surface area (Å²) in [6.45, 7) is 5.48. The molecule has 2 aromatic carbocycles. The van der Waals surface area contributed by atoms with Crippen LogP contribution in [0.2, 0.25) is 5.02 Å². The van der Waals surface area contributed by atoms with Crippen molar-refractivity contribution in [3.05, 3.63) is 57.6 Å². The summed E-state index contributed by atoms with van der Waals surface area (Å²) in [5, 5.41) is 3.29. The number of rotatable bonds is 4. The van der Waals surface area contributed by atoms with E-state index in [0.29, 0.717) is 22.9 Å². The second-order valence-electron chi connectivity index (χ2n) is 6.47. The molecule has 2 aromatic rings. The highest BCUT2D eigenvalue weighted by Gasteiger charge is 2.31. The Bertz CT molecular complexity index is 847. The van der Waals surface area contributed by atoms with Crippen LogP contribution < -0.4 is 10.1 Å². The molecule has 1 aliphatic rings. The summed E-state index contributed by atoms with van der Waals surface area (Å²) in [7, 11) is 0. The number of amides is 1. The summed E-state index contributed by atoms with van der Waals surface area (Å²) in [6.07, 6.45) is -0.260. The van der Waals surface area contributed by atoms with Gasteiger partial charge in [0.05, 0.1) is 0 Å². The van der Waals surface area contributed by atoms with E-state index in [1.165, 1.54) is 0 Å². The van der Waals surface area contributed by atoms with E-state index in [4.69, 9.17) is 21.1 Å². The van der Waals surface area contributed by atoms with Crippen LogP contribution in [0.25, 0.3) is 0 Å². The molecule has 0 saturated heterocycles. The summed E-state index contributed by atoms with van der Waals surface area (Å²) in [5.41, 5.74) is 4.70. The fourth-order valence-electron chi connectivity index (χ4n) is 2.83. The number of anilines is 1. The summed E-state index contributed by atoms with van der Waals surface area (Å²) in [6, 6.07) is 9.08. The van der Waals surface area contributed by atoms with Gasteiger partial charge in [-0.25, -0.2) is 4.79 Å². The van der Waals surface area contributed by atoms with Gasteiger partial charge in [-0.1, -0.05) is 17.7 Å². The van der Waals surface area contributed by atoms with E-state index in [9.17, 15) is 9.59 Å². The number of esters is 1. The summed E-state index contributed by atoms with van der Waals surface area (Å²) in [4.78, 5) is 24.2. The third-order valence-electron chi connectivity index (χ3n) is 4.42. The molecule has 0 saturated carbocycles. The van der Waals surface area contributed by atoms with Crippen LogP contribution in [0.5, 0.6) is 5.75 Å². The fourth-order valence-corrected chi connectivity index (χ4v) is 3.05. The first-order valence-corrected chi connectivity index (χ1v) is 8.70. The average molecular weight is 374 g/mol. The molecule has 3 rings (SSSR count). The van der Waals surface area contributed by atoms with Crippen LogP contribution >= 0.6 is 11.6 Å². The highest BCUT2D eigenvalue weighted by atomic mass is 35.5. The smallest absolute Gasteiger partial charge is 0.348 e. The Morgan fingerprint density at radius 2 is 1.88 bits per heavy atom. The van der Waals surface area contributed by atoms with Crippen LogP contribution in [-0.2, 0) is 20.7 Å². The van der Waals surface area contributed by atoms with E-state index >= 15 is 0 Å². The Labute approximate surface area is 157 Å². The second-order valence-corrected chi connectivity index (χ2v) is 6.91. The zero-order chi connectivity index (χ0) is 18.8. The van der Waals surface area contributed by atoms with E-state index in [1.54, 1.807) is 18.2 Å². The van der Waals surface area contributed by atoms with Gasteiger partial charge in [0.1, 0.15) is 5.75 Å². The molecule has 0 spiro atoms. The standard InChI is InChI=1S/C20H20ClNO4/c1-11-6-14-9-18(26-17(14)8-12(11)2)20(24)25-10-19(23)22-16-5-4-15(21)7-13(16)3/h4-8,18H,9-10H2,1-3H3,(H,22,23). The summed E-state index contributed by atoms with van der Waals surface area (Å²) < 4.78 is 10.8. The van der Waals surface area contributed by atoms with Crippen molar-refractivity contribution in [2.45, 2.75) is 33.3 Å². The Balaban J connectivity index is 1.54. The minimum atomic E-state index is -0.712. The molecule has 1 aliphatic heterocycles. The van der Waals surface area contributed by atoms with Gasteiger partial charge in [0.2, 0.25) is 0 Å². The SMILES string of the molecule is Cc1cc2c(cc1C)OC(C(=O)OCC(=O)Nc1ccc(Cl)cc1C)C2. The number of benzene rings is 2. The molecular formula is C20H20ClNO4. The summed E-state index contributed by atoms with van der Waals surface area (Å²) in [5.74, 6) is -0.248. The number of aryl methyl sites for hydroxylation is 3. The second kappa shape index (κ2) is 7.38. The number of hydrogen-bond acceptors (Lipinski definition) is 4. The molecule has 1 atom stereocenters. The third-order valence-corrected chi connectivity index (χ3v) is 4.66. The van der Waals surface area contributed by atoms with Crippen molar-refractivity contribution in [1.82, 2.24) is 0 Å². The molecule has 6 heteroatoms. The highest BCUT2D eigenvalue weighted by molar-refractivity contribution is 6.30. The van der Waals surface area contributed by atoms with Gasteiger partial charge in [-0.15, -0.1) is 0 Å². The van der Waals surface area contributed by atoms with Crippen LogP contribution in [0.1, 0.15) is 22.3 Å². The lowest BCUT2D eigenvalue weighted by molar-refractivity contribution is -0.153. The van der Waals surface area contributed by atoms with Crippen molar-refractivity contribution < 1.29 is 19.1 Å². The zero-order valence-electron chi connectivity index (χ0n) is 14.9. The number of halogens is 1. The van der Waals surface area contributed by atoms with Crippen LogP contribution in [0, 0.1) is 20.8 Å². The largest absolute Gasteiger partial charge is 0.478 e. The van der Waals surface area contributed by atoms with Crippen molar-refractivity contribution in [3.8, 4) is 5.75 Å². The molecule has 5 nitrogen and oxygen atoms in total. The number of fused-ring (bicyclic) bond motifs is 1. The topological polar surface area (TPSA) is 64.6 Å². The lowest BCUT2D eigenvalue weighted by atomic mass is 10.0. The molecule has 0 aliphatic carbocycles. The molecule has 1 unspecified atom stereocenters. The van der Waals surface area contributed by atoms with Crippen LogP contribution in [0.4, 0.5) is 5.69 Å². The Kier molecular flexibility index (Phi) is 5.18. The van der Waals surface area contributed by atoms with Crippen LogP contribution in [0.3, 0.4) is 0 Å². The van der Waals surface area contributed by atoms with Gasteiger partial charge < -0.3 is 14.8 Å². The van der Waals surface area contributed by atoms with Gasteiger partial charge in [0.25, 0.3) is 5.91 Å². The Hall–Kier alpha value is -2.53. The Morgan fingerprint density at radius 1 is 1.15 bits per heavy atom. The number of nitrogens with one attached hydrogen (secondary N) is 1. The first-order valence-electron chi connectivity index (χ1n) is 8.33. The molecule has 1 heterocycles. The van der Waals surface area contributed by atoms with Crippen molar-refractivity contribution in [2.75, 3.05) is 11.9 Å². The average Bonchev–Trinajstić information content (AvgIpc) is 2.98. The molecule has 1 N–H and O–H groups in total. The van der Waals surface area contributed by atoms with Crippen molar-refractivity contribution in [3.63, 3.8) is 0 Å². The predicted octanol–water partition coefficient (Wildman–Crippen LogP) is 3.75. The monoisotopic (exact) mass is 373 g/mol. The van der Waals surface area contributed by atoms with E-state index in [0.717, 1.165) is 22.3 Å². The third kappa shape index (κ3) is 3.99. The maximum Gasteiger partial charge on any atom is 0.348 e. The summed E-state index contributed by atoms with van der Waals surface area (Å²) >= 11 is 5.89. The molecular weight excluding hydrogens is 354 g/mol. The molecule has 136 valence electrons. The van der Waals surface area contributed by atoms with Gasteiger partial charge in [0, 0.05) is 17.1 Å². The molecule has 0 fully saturated rings. The van der Waals surface area contributed by atoms with Gasteiger partial charge in [-0.05, 0) is 67.3 Å². The maximum absolute atomic E-state index is 12.2. The molecule has 0 aromatic heterocycles. The molecule has 0 bridgehead atoms. The first-order chi connectivity index (χ1) is 12.3.